The molecule has 2 heterocycles. The quantitative estimate of drug-likeness (QED) is 0.899. The molecule has 1 atom stereocenters. The van der Waals surface area contributed by atoms with Gasteiger partial charge < -0.3 is 5.11 Å². The number of likely N-dealkylation sites (tertiary alicyclic amines) is 1. The van der Waals surface area contributed by atoms with Crippen molar-refractivity contribution in [3.05, 3.63) is 11.9 Å². The zero-order valence-corrected chi connectivity index (χ0v) is 11.9. The second kappa shape index (κ2) is 6.28. The summed E-state index contributed by atoms with van der Waals surface area (Å²) in [7, 11) is 1.69. The first-order valence-corrected chi connectivity index (χ1v) is 6.17. The summed E-state index contributed by atoms with van der Waals surface area (Å²) in [5.74, 6) is 0. The molecular weight excluding hydrogens is 297 g/mol. The van der Waals surface area contributed by atoms with E-state index in [2.05, 4.69) is 10.2 Å². The largest absolute Gasteiger partial charge is 0.417 e. The lowest BCUT2D eigenvalue weighted by Crippen LogP contribution is -2.45. The van der Waals surface area contributed by atoms with Crippen LogP contribution in [0.15, 0.2) is 6.20 Å². The Balaban J connectivity index is 0.00000200. The maximum atomic E-state index is 12.8. The Hall–Kier alpha value is -0.860. The zero-order valence-electron chi connectivity index (χ0n) is 11.1. The van der Waals surface area contributed by atoms with Crippen molar-refractivity contribution in [3.63, 3.8) is 0 Å². The van der Waals surface area contributed by atoms with E-state index >= 15 is 0 Å². The highest BCUT2D eigenvalue weighted by Crippen LogP contribution is 2.38. The summed E-state index contributed by atoms with van der Waals surface area (Å²) in [6, 6.07) is 0. The Bertz CT molecular complexity index is 440. The number of halogens is 4. The van der Waals surface area contributed by atoms with Crippen LogP contribution in [0.1, 0.15) is 25.0 Å². The molecule has 1 fully saturated rings. The molecular formula is C11H18ClF3N4O. The van der Waals surface area contributed by atoms with E-state index in [0.29, 0.717) is 19.5 Å². The number of aryl methyl sites for hydroxylation is 1. The summed E-state index contributed by atoms with van der Waals surface area (Å²) in [6.07, 6.45) is -3.18. The normalized spacial score (nSPS) is 25.1. The molecule has 5 nitrogen and oxygen atoms in total. The fraction of sp³-hybridized carbons (Fsp3) is 0.818. The van der Waals surface area contributed by atoms with Gasteiger partial charge in [-0.25, -0.2) is 0 Å². The molecule has 116 valence electrons. The van der Waals surface area contributed by atoms with E-state index in [9.17, 15) is 18.3 Å². The van der Waals surface area contributed by atoms with Crippen molar-refractivity contribution in [3.8, 4) is 0 Å². The van der Waals surface area contributed by atoms with E-state index in [1.54, 1.807) is 13.2 Å². The van der Waals surface area contributed by atoms with Gasteiger partial charge in [-0.05, 0) is 25.8 Å². The van der Waals surface area contributed by atoms with Crippen molar-refractivity contribution in [1.29, 1.82) is 0 Å². The number of aromatic nitrogens is 3. The lowest BCUT2D eigenvalue weighted by atomic mass is 9.94. The summed E-state index contributed by atoms with van der Waals surface area (Å²) in [6.45, 7) is 1.18. The van der Waals surface area contributed by atoms with Crippen LogP contribution in [0.4, 0.5) is 13.2 Å². The molecule has 0 radical (unpaired) electrons. The van der Waals surface area contributed by atoms with Crippen LogP contribution in [-0.4, -0.2) is 49.9 Å². The number of hydrogen-bond acceptors (Lipinski definition) is 4. The second-order valence-corrected chi connectivity index (χ2v) is 4.98. The van der Waals surface area contributed by atoms with Crippen molar-refractivity contribution in [2.24, 2.45) is 7.05 Å². The van der Waals surface area contributed by atoms with Gasteiger partial charge in [0.1, 0.15) is 0 Å². The third-order valence-electron chi connectivity index (χ3n) is 3.47. The summed E-state index contributed by atoms with van der Waals surface area (Å²) in [5.41, 5.74) is -1.83. The predicted molar refractivity (Wildman–Crippen MR) is 68.4 cm³/mol. The molecule has 9 heteroatoms. The number of rotatable bonds is 2. The van der Waals surface area contributed by atoms with E-state index in [0.717, 1.165) is 5.69 Å². The smallest absolute Gasteiger partial charge is 0.380 e. The van der Waals surface area contributed by atoms with Gasteiger partial charge in [-0.3, -0.25) is 4.90 Å². The molecule has 1 aliphatic heterocycles. The van der Waals surface area contributed by atoms with Gasteiger partial charge in [-0.15, -0.1) is 12.4 Å². The van der Waals surface area contributed by atoms with Crippen LogP contribution in [0, 0.1) is 0 Å². The average molecular weight is 315 g/mol. The second-order valence-electron chi connectivity index (χ2n) is 4.98. The van der Waals surface area contributed by atoms with Crippen molar-refractivity contribution in [1.82, 2.24) is 19.9 Å². The summed E-state index contributed by atoms with van der Waals surface area (Å²) < 4.78 is 38.3. The molecule has 0 aliphatic carbocycles. The molecule has 1 aromatic heterocycles. The van der Waals surface area contributed by atoms with Crippen LogP contribution >= 0.6 is 12.4 Å². The van der Waals surface area contributed by atoms with Gasteiger partial charge in [-0.1, -0.05) is 0 Å². The highest BCUT2D eigenvalue weighted by atomic mass is 35.5. The molecule has 0 amide bonds. The van der Waals surface area contributed by atoms with Crippen molar-refractivity contribution in [2.75, 3.05) is 13.1 Å². The summed E-state index contributed by atoms with van der Waals surface area (Å²) >= 11 is 0. The van der Waals surface area contributed by atoms with E-state index in [1.807, 2.05) is 4.90 Å². The molecule has 0 bridgehead atoms. The lowest BCUT2D eigenvalue weighted by Gasteiger charge is -2.29. The molecule has 0 saturated carbocycles. The molecule has 1 aromatic rings. The van der Waals surface area contributed by atoms with Crippen LogP contribution in [0.2, 0.25) is 0 Å². The van der Waals surface area contributed by atoms with Gasteiger partial charge in [-0.2, -0.15) is 28.2 Å². The average Bonchev–Trinajstić information content (AvgIpc) is 2.59. The maximum absolute atomic E-state index is 12.8. The van der Waals surface area contributed by atoms with Gasteiger partial charge in [0.2, 0.25) is 0 Å². The van der Waals surface area contributed by atoms with Crippen LogP contribution in [0.3, 0.4) is 0 Å². The van der Waals surface area contributed by atoms with Crippen molar-refractivity contribution in [2.45, 2.75) is 37.6 Å². The molecule has 2 rings (SSSR count). The Kier molecular flexibility index (Phi) is 5.39. The molecule has 1 N–H and O–H groups in total. The first kappa shape index (κ1) is 17.2. The van der Waals surface area contributed by atoms with Gasteiger partial charge in [0.05, 0.1) is 11.9 Å². The van der Waals surface area contributed by atoms with Crippen molar-refractivity contribution < 1.29 is 18.3 Å². The van der Waals surface area contributed by atoms with E-state index in [4.69, 9.17) is 0 Å². The van der Waals surface area contributed by atoms with Gasteiger partial charge in [0, 0.05) is 20.1 Å². The van der Waals surface area contributed by atoms with Crippen LogP contribution in [-0.2, 0) is 13.6 Å². The molecule has 1 unspecified atom stereocenters. The van der Waals surface area contributed by atoms with Crippen LogP contribution in [0.5, 0.6) is 0 Å². The SMILES string of the molecule is Cl.Cn1ncc(CN2CCCC(O)(C(F)(F)F)CC2)n1. The summed E-state index contributed by atoms with van der Waals surface area (Å²) in [4.78, 5) is 3.28. The molecule has 0 spiro atoms. The van der Waals surface area contributed by atoms with E-state index in [1.165, 1.54) is 4.80 Å². The topological polar surface area (TPSA) is 54.2 Å². The third kappa shape index (κ3) is 3.83. The van der Waals surface area contributed by atoms with Gasteiger partial charge in [0.25, 0.3) is 0 Å². The minimum absolute atomic E-state index is 0. The zero-order chi connectivity index (χ0) is 14.1. The Morgan fingerprint density at radius 3 is 2.60 bits per heavy atom. The number of nitrogens with zero attached hydrogens (tertiary/aromatic N) is 4. The Morgan fingerprint density at radius 2 is 2.05 bits per heavy atom. The van der Waals surface area contributed by atoms with E-state index < -0.39 is 11.8 Å². The predicted octanol–water partition coefficient (Wildman–Crippen LogP) is 1.52. The van der Waals surface area contributed by atoms with Crippen LogP contribution < -0.4 is 0 Å². The molecule has 20 heavy (non-hydrogen) atoms. The highest BCUT2D eigenvalue weighted by Gasteiger charge is 2.53. The van der Waals surface area contributed by atoms with Gasteiger partial charge >= 0.3 is 6.18 Å². The van der Waals surface area contributed by atoms with Crippen molar-refractivity contribution >= 4 is 12.4 Å². The number of aliphatic hydroxyl groups is 1. The minimum atomic E-state index is -4.56. The first-order chi connectivity index (χ1) is 8.80. The third-order valence-corrected chi connectivity index (χ3v) is 3.47. The highest BCUT2D eigenvalue weighted by molar-refractivity contribution is 5.85. The van der Waals surface area contributed by atoms with Crippen LogP contribution in [0.25, 0.3) is 0 Å². The molecule has 1 aliphatic rings. The molecule has 1 saturated heterocycles. The minimum Gasteiger partial charge on any atom is -0.380 e. The fourth-order valence-corrected chi connectivity index (χ4v) is 2.31. The monoisotopic (exact) mass is 314 g/mol. The number of alkyl halides is 3. The summed E-state index contributed by atoms with van der Waals surface area (Å²) in [5, 5.41) is 17.7. The standard InChI is InChI=1S/C11H17F3N4O.ClH/c1-17-15-7-9(16-17)8-18-5-2-3-10(19,4-6-18)11(12,13)14;/h7,19H,2-6,8H2,1H3;1H. The number of hydrogen-bond donors (Lipinski definition) is 1. The van der Waals surface area contributed by atoms with E-state index in [-0.39, 0.29) is 31.8 Å². The van der Waals surface area contributed by atoms with Gasteiger partial charge in [0.15, 0.2) is 5.60 Å². The maximum Gasteiger partial charge on any atom is 0.417 e. The Morgan fingerprint density at radius 1 is 1.35 bits per heavy atom. The Labute approximate surface area is 121 Å². The first-order valence-electron chi connectivity index (χ1n) is 6.17. The lowest BCUT2D eigenvalue weighted by molar-refractivity contribution is -0.263. The molecule has 0 aromatic carbocycles. The fourth-order valence-electron chi connectivity index (χ4n) is 2.31.